The second-order valence-corrected chi connectivity index (χ2v) is 4.82. The van der Waals surface area contributed by atoms with E-state index in [0.717, 1.165) is 25.7 Å². The molecule has 0 fully saturated rings. The number of allylic oxidation sites excluding steroid dienone is 2. The Morgan fingerprint density at radius 1 is 1.38 bits per heavy atom. The third-order valence-electron chi connectivity index (χ3n) is 3.50. The van der Waals surface area contributed by atoms with Gasteiger partial charge >= 0.3 is 5.97 Å². The lowest BCUT2D eigenvalue weighted by molar-refractivity contribution is -0.143. The maximum absolute atomic E-state index is 11.2. The van der Waals surface area contributed by atoms with Crippen LogP contribution in [0.25, 0.3) is 0 Å². The Bertz CT molecular complexity index is 233. The van der Waals surface area contributed by atoms with E-state index in [1.54, 1.807) is 0 Å². The number of aliphatic carboxylic acids is 1. The standard InChI is InChI=1S/C14H24O2/c1-2-3-4-5-6-11-13(14(15)16)12-9-7-8-10-12/h7,9,12-13H,2-6,8,10-11H2,1H3,(H,15,16). The number of rotatable bonds is 8. The van der Waals surface area contributed by atoms with Gasteiger partial charge in [-0.1, -0.05) is 51.2 Å². The molecule has 0 aromatic heterocycles. The van der Waals surface area contributed by atoms with Gasteiger partial charge in [0, 0.05) is 0 Å². The lowest BCUT2D eigenvalue weighted by atomic mass is 9.87. The molecule has 0 heterocycles. The van der Waals surface area contributed by atoms with E-state index in [9.17, 15) is 9.90 Å². The molecule has 0 aromatic carbocycles. The van der Waals surface area contributed by atoms with Gasteiger partial charge in [0.25, 0.3) is 0 Å². The molecule has 0 bridgehead atoms. The summed E-state index contributed by atoms with van der Waals surface area (Å²) in [5.41, 5.74) is 0. The summed E-state index contributed by atoms with van der Waals surface area (Å²) < 4.78 is 0. The van der Waals surface area contributed by atoms with Crippen molar-refractivity contribution in [1.82, 2.24) is 0 Å². The van der Waals surface area contributed by atoms with Crippen LogP contribution in [0.3, 0.4) is 0 Å². The summed E-state index contributed by atoms with van der Waals surface area (Å²) in [6.45, 7) is 2.20. The van der Waals surface area contributed by atoms with Gasteiger partial charge in [-0.2, -0.15) is 0 Å². The van der Waals surface area contributed by atoms with Gasteiger partial charge in [0.2, 0.25) is 0 Å². The molecule has 0 spiro atoms. The fourth-order valence-corrected chi connectivity index (χ4v) is 2.48. The van der Waals surface area contributed by atoms with Gasteiger partial charge < -0.3 is 5.11 Å². The van der Waals surface area contributed by atoms with E-state index in [4.69, 9.17) is 0 Å². The second-order valence-electron chi connectivity index (χ2n) is 4.82. The number of carbonyl (C=O) groups is 1. The van der Waals surface area contributed by atoms with Crippen molar-refractivity contribution in [2.75, 3.05) is 0 Å². The number of hydrogen-bond donors (Lipinski definition) is 1. The zero-order chi connectivity index (χ0) is 11.8. The van der Waals surface area contributed by atoms with Gasteiger partial charge in [0.15, 0.2) is 0 Å². The number of unbranched alkanes of at least 4 members (excludes halogenated alkanes) is 4. The zero-order valence-electron chi connectivity index (χ0n) is 10.3. The van der Waals surface area contributed by atoms with Crippen LogP contribution in [-0.2, 0) is 4.79 Å². The van der Waals surface area contributed by atoms with Gasteiger partial charge in [0.1, 0.15) is 0 Å². The van der Waals surface area contributed by atoms with Crippen LogP contribution < -0.4 is 0 Å². The van der Waals surface area contributed by atoms with E-state index in [0.29, 0.717) is 5.92 Å². The molecule has 0 radical (unpaired) electrons. The highest BCUT2D eigenvalue weighted by Crippen LogP contribution is 2.29. The Morgan fingerprint density at radius 3 is 2.69 bits per heavy atom. The predicted octanol–water partition coefficient (Wildman–Crippen LogP) is 4.01. The molecule has 0 saturated heterocycles. The molecule has 92 valence electrons. The largest absolute Gasteiger partial charge is 0.481 e. The highest BCUT2D eigenvalue weighted by atomic mass is 16.4. The Kier molecular flexibility index (Phi) is 6.20. The Hall–Kier alpha value is -0.790. The first kappa shape index (κ1) is 13.3. The van der Waals surface area contributed by atoms with E-state index in [-0.39, 0.29) is 5.92 Å². The summed E-state index contributed by atoms with van der Waals surface area (Å²) in [6.07, 6.45) is 13.2. The molecule has 1 N–H and O–H groups in total. The molecule has 0 amide bonds. The predicted molar refractivity (Wildman–Crippen MR) is 66.4 cm³/mol. The second kappa shape index (κ2) is 7.48. The third kappa shape index (κ3) is 4.38. The monoisotopic (exact) mass is 224 g/mol. The zero-order valence-corrected chi connectivity index (χ0v) is 10.3. The van der Waals surface area contributed by atoms with E-state index >= 15 is 0 Å². The van der Waals surface area contributed by atoms with Crippen molar-refractivity contribution in [3.8, 4) is 0 Å². The molecular weight excluding hydrogens is 200 g/mol. The van der Waals surface area contributed by atoms with Crippen molar-refractivity contribution in [3.63, 3.8) is 0 Å². The lowest BCUT2D eigenvalue weighted by Gasteiger charge is -2.17. The molecule has 2 atom stereocenters. The molecule has 1 rings (SSSR count). The Balaban J connectivity index is 2.23. The summed E-state index contributed by atoms with van der Waals surface area (Å²) in [5.74, 6) is -0.448. The lowest BCUT2D eigenvalue weighted by Crippen LogP contribution is -2.21. The number of carboxylic acid groups (broad SMARTS) is 1. The average Bonchev–Trinajstić information content (AvgIpc) is 2.76. The molecular formula is C14H24O2. The SMILES string of the molecule is CCCCCCCC(C(=O)O)C1C=CCC1. The molecule has 2 unspecified atom stereocenters. The molecule has 16 heavy (non-hydrogen) atoms. The molecule has 2 nitrogen and oxygen atoms in total. The van der Waals surface area contributed by atoms with Crippen LogP contribution in [0.1, 0.15) is 58.3 Å². The first-order valence-corrected chi connectivity index (χ1v) is 6.65. The van der Waals surface area contributed by atoms with Crippen molar-refractivity contribution >= 4 is 5.97 Å². The molecule has 0 saturated carbocycles. The van der Waals surface area contributed by atoms with Crippen LogP contribution in [0.5, 0.6) is 0 Å². The highest BCUT2D eigenvalue weighted by Gasteiger charge is 2.26. The minimum absolute atomic E-state index is 0.139. The Morgan fingerprint density at radius 2 is 2.12 bits per heavy atom. The fraction of sp³-hybridized carbons (Fsp3) is 0.786. The molecule has 0 aromatic rings. The van der Waals surface area contributed by atoms with Crippen molar-refractivity contribution < 1.29 is 9.90 Å². The van der Waals surface area contributed by atoms with Crippen molar-refractivity contribution in [3.05, 3.63) is 12.2 Å². The molecule has 1 aliphatic rings. The van der Waals surface area contributed by atoms with Crippen LogP contribution >= 0.6 is 0 Å². The minimum Gasteiger partial charge on any atom is -0.481 e. The normalized spacial score (nSPS) is 21.2. The topological polar surface area (TPSA) is 37.3 Å². The molecule has 1 aliphatic carbocycles. The molecule has 0 aliphatic heterocycles. The van der Waals surface area contributed by atoms with Crippen molar-refractivity contribution in [2.45, 2.75) is 58.3 Å². The summed E-state index contributed by atoms with van der Waals surface area (Å²) in [7, 11) is 0. The van der Waals surface area contributed by atoms with Crippen molar-refractivity contribution in [2.24, 2.45) is 11.8 Å². The van der Waals surface area contributed by atoms with Crippen LogP contribution in [0.4, 0.5) is 0 Å². The fourth-order valence-electron chi connectivity index (χ4n) is 2.48. The first-order chi connectivity index (χ1) is 7.75. The highest BCUT2D eigenvalue weighted by molar-refractivity contribution is 5.70. The minimum atomic E-state index is -0.605. The van der Waals surface area contributed by atoms with Crippen LogP contribution in [0, 0.1) is 11.8 Å². The number of hydrogen-bond acceptors (Lipinski definition) is 1. The average molecular weight is 224 g/mol. The van der Waals surface area contributed by atoms with Gasteiger partial charge in [-0.05, 0) is 25.2 Å². The van der Waals surface area contributed by atoms with E-state index < -0.39 is 5.97 Å². The summed E-state index contributed by atoms with van der Waals surface area (Å²) in [6, 6.07) is 0. The van der Waals surface area contributed by atoms with Crippen molar-refractivity contribution in [1.29, 1.82) is 0 Å². The van der Waals surface area contributed by atoms with Crippen LogP contribution in [0.15, 0.2) is 12.2 Å². The van der Waals surface area contributed by atoms with Gasteiger partial charge in [-0.3, -0.25) is 4.79 Å². The van der Waals surface area contributed by atoms with E-state index in [1.165, 1.54) is 25.7 Å². The van der Waals surface area contributed by atoms with Crippen LogP contribution in [-0.4, -0.2) is 11.1 Å². The molecule has 2 heteroatoms. The number of carboxylic acids is 1. The third-order valence-corrected chi connectivity index (χ3v) is 3.50. The van der Waals surface area contributed by atoms with E-state index in [1.807, 2.05) is 0 Å². The van der Waals surface area contributed by atoms with Gasteiger partial charge in [-0.25, -0.2) is 0 Å². The summed E-state index contributed by atoms with van der Waals surface area (Å²) in [4.78, 5) is 11.2. The summed E-state index contributed by atoms with van der Waals surface area (Å²) >= 11 is 0. The van der Waals surface area contributed by atoms with E-state index in [2.05, 4.69) is 19.1 Å². The van der Waals surface area contributed by atoms with Crippen LogP contribution in [0.2, 0.25) is 0 Å². The summed E-state index contributed by atoms with van der Waals surface area (Å²) in [5, 5.41) is 9.20. The smallest absolute Gasteiger partial charge is 0.307 e. The maximum Gasteiger partial charge on any atom is 0.307 e. The Labute approximate surface area is 98.7 Å². The van der Waals surface area contributed by atoms with Gasteiger partial charge in [0.05, 0.1) is 5.92 Å². The maximum atomic E-state index is 11.2. The van der Waals surface area contributed by atoms with Gasteiger partial charge in [-0.15, -0.1) is 0 Å². The quantitative estimate of drug-likeness (QED) is 0.499. The first-order valence-electron chi connectivity index (χ1n) is 6.65.